The lowest BCUT2D eigenvalue weighted by Crippen LogP contribution is -2.34. The molecule has 0 aliphatic rings. The largest absolute Gasteiger partial charge is 0.382 e. The first-order chi connectivity index (χ1) is 11.1. The van der Waals surface area contributed by atoms with Crippen molar-refractivity contribution >= 4 is 5.91 Å². The van der Waals surface area contributed by atoms with Crippen LogP contribution in [0, 0.1) is 6.92 Å². The summed E-state index contributed by atoms with van der Waals surface area (Å²) < 4.78 is 7.11. The van der Waals surface area contributed by atoms with E-state index in [0.717, 1.165) is 24.4 Å². The Kier molecular flexibility index (Phi) is 5.87. The molecule has 0 bridgehead atoms. The number of aromatic nitrogens is 3. The van der Waals surface area contributed by atoms with E-state index in [2.05, 4.69) is 17.0 Å². The van der Waals surface area contributed by atoms with Crippen molar-refractivity contribution in [2.45, 2.75) is 32.9 Å². The quantitative estimate of drug-likeness (QED) is 0.787. The maximum atomic E-state index is 12.9. The van der Waals surface area contributed by atoms with Crippen molar-refractivity contribution in [2.75, 3.05) is 20.8 Å². The van der Waals surface area contributed by atoms with Crippen LogP contribution in [0.3, 0.4) is 0 Å². The summed E-state index contributed by atoms with van der Waals surface area (Å²) in [5, 5.41) is 4.40. The van der Waals surface area contributed by atoms with Crippen LogP contribution >= 0.6 is 0 Å². The van der Waals surface area contributed by atoms with Crippen LogP contribution in [-0.2, 0) is 11.3 Å². The van der Waals surface area contributed by atoms with Gasteiger partial charge >= 0.3 is 0 Å². The summed E-state index contributed by atoms with van der Waals surface area (Å²) >= 11 is 0. The third-order valence-electron chi connectivity index (χ3n) is 3.77. The molecule has 0 saturated heterocycles. The summed E-state index contributed by atoms with van der Waals surface area (Å²) in [4.78, 5) is 18.9. The van der Waals surface area contributed by atoms with Gasteiger partial charge in [-0.05, 0) is 25.5 Å². The molecule has 2 aromatic rings. The van der Waals surface area contributed by atoms with Gasteiger partial charge in [0.25, 0.3) is 5.91 Å². The van der Waals surface area contributed by atoms with Gasteiger partial charge in [0, 0.05) is 33.1 Å². The second kappa shape index (κ2) is 7.87. The van der Waals surface area contributed by atoms with Crippen molar-refractivity contribution in [3.05, 3.63) is 47.5 Å². The first kappa shape index (κ1) is 17.1. The zero-order valence-electron chi connectivity index (χ0n) is 14.2. The monoisotopic (exact) mass is 316 g/mol. The molecular weight excluding hydrogens is 292 g/mol. The Balaban J connectivity index is 2.25. The molecule has 0 aliphatic heterocycles. The van der Waals surface area contributed by atoms with E-state index in [1.54, 1.807) is 25.3 Å². The molecule has 0 aromatic carbocycles. The van der Waals surface area contributed by atoms with E-state index in [1.807, 2.05) is 36.0 Å². The van der Waals surface area contributed by atoms with Gasteiger partial charge in [0.15, 0.2) is 0 Å². The molecule has 2 aromatic heterocycles. The zero-order valence-corrected chi connectivity index (χ0v) is 14.2. The first-order valence-corrected chi connectivity index (χ1v) is 7.79. The minimum atomic E-state index is -0.234. The Morgan fingerprint density at radius 1 is 1.43 bits per heavy atom. The highest BCUT2D eigenvalue weighted by atomic mass is 16.5. The van der Waals surface area contributed by atoms with E-state index in [9.17, 15) is 4.79 Å². The average molecular weight is 316 g/mol. The first-order valence-electron chi connectivity index (χ1n) is 7.79. The smallest absolute Gasteiger partial charge is 0.257 e. The number of hydrogen-bond donors (Lipinski definition) is 0. The van der Waals surface area contributed by atoms with E-state index in [1.165, 1.54) is 0 Å². The molecule has 1 unspecified atom stereocenters. The topological polar surface area (TPSA) is 60.2 Å². The number of methoxy groups -OCH3 is 1. The molecule has 6 heteroatoms. The van der Waals surface area contributed by atoms with E-state index in [4.69, 9.17) is 4.74 Å². The lowest BCUT2D eigenvalue weighted by Gasteiger charge is -2.27. The maximum Gasteiger partial charge on any atom is 0.257 e. The summed E-state index contributed by atoms with van der Waals surface area (Å²) in [7, 11) is 3.40. The molecule has 124 valence electrons. The molecule has 23 heavy (non-hydrogen) atoms. The zero-order chi connectivity index (χ0) is 16.8. The van der Waals surface area contributed by atoms with Crippen molar-refractivity contribution in [3.8, 4) is 0 Å². The van der Waals surface area contributed by atoms with Gasteiger partial charge in [-0.25, -0.2) is 0 Å². The van der Waals surface area contributed by atoms with E-state index in [-0.39, 0.29) is 11.9 Å². The number of nitrogens with zero attached hydrogens (tertiary/aromatic N) is 4. The molecular formula is C17H24N4O2. The number of pyridine rings is 1. The van der Waals surface area contributed by atoms with Crippen molar-refractivity contribution in [1.82, 2.24) is 19.7 Å². The van der Waals surface area contributed by atoms with Crippen LogP contribution in [0.5, 0.6) is 0 Å². The second-order valence-electron chi connectivity index (χ2n) is 5.53. The normalized spacial score (nSPS) is 12.2. The molecule has 0 radical (unpaired) electrons. The number of carbonyl (C=O) groups excluding carboxylic acids is 1. The highest BCUT2D eigenvalue weighted by Crippen LogP contribution is 2.21. The predicted molar refractivity (Wildman–Crippen MR) is 88.2 cm³/mol. The van der Waals surface area contributed by atoms with Crippen LogP contribution in [-0.4, -0.2) is 46.3 Å². The molecule has 1 amide bonds. The molecule has 0 N–H and O–H groups in total. The standard InChI is InChI=1S/C17H24N4O2/c1-5-10-21-11-14(13(2)19-21)17(22)20(3)16(12-23-4)15-8-6-7-9-18-15/h6-9,11,16H,5,10,12H2,1-4H3. The molecule has 0 saturated carbocycles. The molecule has 0 spiro atoms. The van der Waals surface area contributed by atoms with Crippen LogP contribution in [0.15, 0.2) is 30.6 Å². The Labute approximate surface area is 137 Å². The number of carbonyl (C=O) groups is 1. The summed E-state index contributed by atoms with van der Waals surface area (Å²) in [6, 6.07) is 5.44. The fraction of sp³-hybridized carbons (Fsp3) is 0.471. The minimum Gasteiger partial charge on any atom is -0.382 e. The maximum absolute atomic E-state index is 12.9. The number of amides is 1. The molecule has 2 rings (SSSR count). The Morgan fingerprint density at radius 3 is 2.83 bits per heavy atom. The average Bonchev–Trinajstić information content (AvgIpc) is 2.93. The Bertz CT molecular complexity index is 639. The highest BCUT2D eigenvalue weighted by Gasteiger charge is 2.26. The van der Waals surface area contributed by atoms with Gasteiger partial charge in [-0.2, -0.15) is 5.10 Å². The number of ether oxygens (including phenoxy) is 1. The molecule has 6 nitrogen and oxygen atoms in total. The van der Waals surface area contributed by atoms with Gasteiger partial charge < -0.3 is 9.64 Å². The van der Waals surface area contributed by atoms with Crippen LogP contribution in [0.2, 0.25) is 0 Å². The molecule has 0 fully saturated rings. The van der Waals surface area contributed by atoms with Gasteiger partial charge in [-0.1, -0.05) is 13.0 Å². The minimum absolute atomic E-state index is 0.0717. The van der Waals surface area contributed by atoms with E-state index < -0.39 is 0 Å². The van der Waals surface area contributed by atoms with Crippen LogP contribution in [0.4, 0.5) is 0 Å². The Hall–Kier alpha value is -2.21. The molecule has 1 atom stereocenters. The van der Waals surface area contributed by atoms with Gasteiger partial charge in [-0.3, -0.25) is 14.5 Å². The highest BCUT2D eigenvalue weighted by molar-refractivity contribution is 5.95. The van der Waals surface area contributed by atoms with Crippen LogP contribution in [0.1, 0.15) is 41.1 Å². The van der Waals surface area contributed by atoms with Gasteiger partial charge in [0.2, 0.25) is 0 Å². The van der Waals surface area contributed by atoms with E-state index in [0.29, 0.717) is 12.2 Å². The lowest BCUT2D eigenvalue weighted by molar-refractivity contribution is 0.0594. The van der Waals surface area contributed by atoms with Crippen molar-refractivity contribution in [2.24, 2.45) is 0 Å². The van der Waals surface area contributed by atoms with Gasteiger partial charge in [0.1, 0.15) is 0 Å². The summed E-state index contributed by atoms with van der Waals surface area (Å²) in [6.07, 6.45) is 4.52. The van der Waals surface area contributed by atoms with Gasteiger partial charge in [-0.15, -0.1) is 0 Å². The molecule has 2 heterocycles. The number of hydrogen-bond acceptors (Lipinski definition) is 4. The van der Waals surface area contributed by atoms with Crippen LogP contribution in [0.25, 0.3) is 0 Å². The lowest BCUT2D eigenvalue weighted by atomic mass is 10.1. The van der Waals surface area contributed by atoms with Crippen molar-refractivity contribution < 1.29 is 9.53 Å². The summed E-state index contributed by atoms with van der Waals surface area (Å²) in [5.74, 6) is -0.0717. The molecule has 0 aliphatic carbocycles. The van der Waals surface area contributed by atoms with Crippen molar-refractivity contribution in [1.29, 1.82) is 0 Å². The Morgan fingerprint density at radius 2 is 2.22 bits per heavy atom. The van der Waals surface area contributed by atoms with Gasteiger partial charge in [0.05, 0.1) is 29.6 Å². The summed E-state index contributed by atoms with van der Waals surface area (Å²) in [6.45, 7) is 5.14. The predicted octanol–water partition coefficient (Wildman–Crippen LogP) is 2.46. The fourth-order valence-electron chi connectivity index (χ4n) is 2.53. The third-order valence-corrected chi connectivity index (χ3v) is 3.77. The SMILES string of the molecule is CCCn1cc(C(=O)N(C)C(COC)c2ccccn2)c(C)n1. The number of likely N-dealkylation sites (N-methyl/N-ethyl adjacent to an activating group) is 1. The third kappa shape index (κ3) is 3.96. The summed E-state index contributed by atoms with van der Waals surface area (Å²) in [5.41, 5.74) is 2.18. The fourth-order valence-corrected chi connectivity index (χ4v) is 2.53. The second-order valence-corrected chi connectivity index (χ2v) is 5.53. The van der Waals surface area contributed by atoms with Crippen molar-refractivity contribution in [3.63, 3.8) is 0 Å². The number of aryl methyl sites for hydroxylation is 2. The number of rotatable bonds is 7. The van der Waals surface area contributed by atoms with E-state index >= 15 is 0 Å². The van der Waals surface area contributed by atoms with Crippen LogP contribution < -0.4 is 0 Å².